The summed E-state index contributed by atoms with van der Waals surface area (Å²) in [6.45, 7) is 0.904. The first kappa shape index (κ1) is 18.1. The normalized spacial score (nSPS) is 16.2. The number of hydrogen-bond acceptors (Lipinski definition) is 5. The average molecular weight is 358 g/mol. The largest absolute Gasteiger partial charge is 0.481 e. The summed E-state index contributed by atoms with van der Waals surface area (Å²) >= 11 is 0. The molecule has 2 N–H and O–H groups in total. The molecule has 1 aromatic heterocycles. The molecule has 0 bridgehead atoms. The van der Waals surface area contributed by atoms with Gasteiger partial charge in [-0.1, -0.05) is 30.3 Å². The highest BCUT2D eigenvalue weighted by molar-refractivity contribution is 5.78. The lowest BCUT2D eigenvalue weighted by molar-refractivity contribution is -0.140. The van der Waals surface area contributed by atoms with Gasteiger partial charge in [-0.15, -0.1) is 0 Å². The van der Waals surface area contributed by atoms with Gasteiger partial charge in [0.1, 0.15) is 0 Å². The quantitative estimate of drug-likeness (QED) is 0.788. The van der Waals surface area contributed by atoms with Crippen LogP contribution in [0, 0.1) is 0 Å². The van der Waals surface area contributed by atoms with Crippen LogP contribution in [-0.4, -0.2) is 40.7 Å². The molecule has 1 aliphatic heterocycles. The maximum atomic E-state index is 12.3. The van der Waals surface area contributed by atoms with Crippen LogP contribution in [0.5, 0.6) is 0 Å². The Kier molecular flexibility index (Phi) is 5.68. The summed E-state index contributed by atoms with van der Waals surface area (Å²) in [5, 5.41) is 12.0. The van der Waals surface area contributed by atoms with E-state index in [0.717, 1.165) is 5.56 Å². The van der Waals surface area contributed by atoms with Crippen molar-refractivity contribution < 1.29 is 23.8 Å². The lowest BCUT2D eigenvalue weighted by atomic mass is 9.86. The van der Waals surface area contributed by atoms with Crippen LogP contribution in [0.3, 0.4) is 0 Å². The number of aromatic nitrogens is 1. The zero-order valence-electron chi connectivity index (χ0n) is 14.4. The van der Waals surface area contributed by atoms with Crippen LogP contribution in [-0.2, 0) is 20.7 Å². The number of benzene rings is 1. The molecule has 26 heavy (non-hydrogen) atoms. The molecule has 7 heteroatoms. The van der Waals surface area contributed by atoms with Crippen molar-refractivity contribution >= 4 is 11.9 Å². The Hall–Kier alpha value is -2.67. The van der Waals surface area contributed by atoms with Crippen LogP contribution in [0.2, 0.25) is 0 Å². The molecule has 0 saturated carbocycles. The number of aryl methyl sites for hydroxylation is 1. The van der Waals surface area contributed by atoms with E-state index in [1.165, 1.54) is 0 Å². The second-order valence-electron chi connectivity index (χ2n) is 6.50. The Morgan fingerprint density at radius 3 is 2.62 bits per heavy atom. The molecule has 0 aliphatic carbocycles. The van der Waals surface area contributed by atoms with Gasteiger partial charge < -0.3 is 19.6 Å². The summed E-state index contributed by atoms with van der Waals surface area (Å²) in [5.41, 5.74) is 0.200. The van der Waals surface area contributed by atoms with E-state index in [9.17, 15) is 9.59 Å². The van der Waals surface area contributed by atoms with Gasteiger partial charge in [-0.05, 0) is 12.8 Å². The van der Waals surface area contributed by atoms with Crippen molar-refractivity contribution in [2.45, 2.75) is 37.6 Å². The lowest BCUT2D eigenvalue weighted by Crippen LogP contribution is -2.53. The number of ether oxygens (including phenoxy) is 1. The summed E-state index contributed by atoms with van der Waals surface area (Å²) in [4.78, 5) is 27.7. The van der Waals surface area contributed by atoms with Gasteiger partial charge in [0, 0.05) is 31.6 Å². The van der Waals surface area contributed by atoms with Crippen molar-refractivity contribution in [3.05, 3.63) is 42.4 Å². The highest BCUT2D eigenvalue weighted by Crippen LogP contribution is 2.25. The number of oxazole rings is 1. The predicted molar refractivity (Wildman–Crippen MR) is 93.4 cm³/mol. The molecule has 0 radical (unpaired) electrons. The second-order valence-corrected chi connectivity index (χ2v) is 6.50. The number of carbonyl (C=O) groups is 2. The Morgan fingerprint density at radius 2 is 1.92 bits per heavy atom. The molecule has 2 aromatic rings. The van der Waals surface area contributed by atoms with Gasteiger partial charge in [0.15, 0.2) is 11.7 Å². The van der Waals surface area contributed by atoms with Crippen molar-refractivity contribution in [2.24, 2.45) is 0 Å². The maximum absolute atomic E-state index is 12.3. The average Bonchev–Trinajstić information content (AvgIpc) is 3.10. The van der Waals surface area contributed by atoms with Crippen LogP contribution in [0.4, 0.5) is 0 Å². The van der Waals surface area contributed by atoms with Gasteiger partial charge in [-0.2, -0.15) is 0 Å². The zero-order valence-corrected chi connectivity index (χ0v) is 14.4. The van der Waals surface area contributed by atoms with E-state index in [-0.39, 0.29) is 18.7 Å². The fourth-order valence-corrected chi connectivity index (χ4v) is 3.14. The van der Waals surface area contributed by atoms with E-state index in [0.29, 0.717) is 44.1 Å². The molecular weight excluding hydrogens is 336 g/mol. The minimum Gasteiger partial charge on any atom is -0.481 e. The van der Waals surface area contributed by atoms with Gasteiger partial charge in [0.05, 0.1) is 18.2 Å². The van der Waals surface area contributed by atoms with Crippen molar-refractivity contribution in [2.75, 3.05) is 13.2 Å². The number of amides is 1. The highest BCUT2D eigenvalue weighted by atomic mass is 16.5. The molecular formula is C19H22N2O5. The van der Waals surface area contributed by atoms with Crippen LogP contribution in [0.15, 0.2) is 40.9 Å². The molecule has 138 valence electrons. The maximum Gasteiger partial charge on any atom is 0.305 e. The molecule has 3 rings (SSSR count). The Balaban J connectivity index is 1.56. The molecule has 1 amide bonds. The molecule has 1 aromatic carbocycles. The Bertz CT molecular complexity index is 750. The minimum absolute atomic E-state index is 0.0980. The molecule has 1 fully saturated rings. The van der Waals surface area contributed by atoms with E-state index < -0.39 is 11.5 Å². The van der Waals surface area contributed by atoms with Crippen LogP contribution < -0.4 is 5.32 Å². The SMILES string of the molecule is O=C(O)CC1(NC(=O)CCc2ncc(-c3ccccc3)o2)CCOCC1. The van der Waals surface area contributed by atoms with E-state index in [4.69, 9.17) is 14.3 Å². The number of nitrogens with one attached hydrogen (secondary N) is 1. The molecule has 7 nitrogen and oxygen atoms in total. The van der Waals surface area contributed by atoms with E-state index >= 15 is 0 Å². The fourth-order valence-electron chi connectivity index (χ4n) is 3.14. The molecule has 0 spiro atoms. The summed E-state index contributed by atoms with van der Waals surface area (Å²) in [6, 6.07) is 9.62. The smallest absolute Gasteiger partial charge is 0.305 e. The minimum atomic E-state index is -0.924. The standard InChI is InChI=1S/C19H22N2O5/c22-16(21-19(12-18(23)24)8-10-25-11-9-19)6-7-17-20-13-15(26-17)14-4-2-1-3-5-14/h1-5,13H,6-12H2,(H,21,22)(H,23,24). The summed E-state index contributed by atoms with van der Waals surface area (Å²) in [6.07, 6.45) is 3.10. The number of hydrogen-bond donors (Lipinski definition) is 2. The van der Waals surface area contributed by atoms with Crippen molar-refractivity contribution in [3.63, 3.8) is 0 Å². The first-order chi connectivity index (χ1) is 12.6. The third-order valence-electron chi connectivity index (χ3n) is 4.52. The van der Waals surface area contributed by atoms with Gasteiger partial charge in [0.25, 0.3) is 0 Å². The van der Waals surface area contributed by atoms with Crippen LogP contribution in [0.25, 0.3) is 11.3 Å². The van der Waals surface area contributed by atoms with Crippen molar-refractivity contribution in [3.8, 4) is 11.3 Å². The third kappa shape index (κ3) is 4.70. The van der Waals surface area contributed by atoms with Crippen molar-refractivity contribution in [1.29, 1.82) is 0 Å². The number of nitrogens with zero attached hydrogens (tertiary/aromatic N) is 1. The molecule has 0 unspecified atom stereocenters. The molecule has 0 atom stereocenters. The molecule has 1 aliphatic rings. The van der Waals surface area contributed by atoms with Crippen molar-refractivity contribution in [1.82, 2.24) is 10.3 Å². The predicted octanol–water partition coefficient (Wildman–Crippen LogP) is 2.41. The number of carboxylic acids is 1. The molecule has 1 saturated heterocycles. The fraction of sp³-hybridized carbons (Fsp3) is 0.421. The van der Waals surface area contributed by atoms with E-state index in [1.807, 2.05) is 30.3 Å². The summed E-state index contributed by atoms with van der Waals surface area (Å²) in [5.74, 6) is 0.0195. The van der Waals surface area contributed by atoms with Gasteiger partial charge in [0.2, 0.25) is 5.91 Å². The topological polar surface area (TPSA) is 102 Å². The monoisotopic (exact) mass is 358 g/mol. The first-order valence-electron chi connectivity index (χ1n) is 8.67. The lowest BCUT2D eigenvalue weighted by Gasteiger charge is -2.36. The first-order valence-corrected chi connectivity index (χ1v) is 8.67. The number of aliphatic carboxylic acids is 1. The summed E-state index contributed by atoms with van der Waals surface area (Å²) in [7, 11) is 0. The number of rotatable bonds is 7. The van der Waals surface area contributed by atoms with Gasteiger partial charge in [-0.25, -0.2) is 4.98 Å². The van der Waals surface area contributed by atoms with Crippen LogP contribution >= 0.6 is 0 Å². The number of carbonyl (C=O) groups excluding carboxylic acids is 1. The van der Waals surface area contributed by atoms with E-state index in [1.54, 1.807) is 6.20 Å². The second kappa shape index (κ2) is 8.14. The van der Waals surface area contributed by atoms with Gasteiger partial charge >= 0.3 is 5.97 Å². The summed E-state index contributed by atoms with van der Waals surface area (Å²) < 4.78 is 11.0. The molecule has 2 heterocycles. The highest BCUT2D eigenvalue weighted by Gasteiger charge is 2.36. The zero-order chi connectivity index (χ0) is 18.4. The van der Waals surface area contributed by atoms with E-state index in [2.05, 4.69) is 10.3 Å². The van der Waals surface area contributed by atoms with Gasteiger partial charge in [-0.3, -0.25) is 9.59 Å². The van der Waals surface area contributed by atoms with Crippen LogP contribution in [0.1, 0.15) is 31.6 Å². The third-order valence-corrected chi connectivity index (χ3v) is 4.52. The number of carboxylic acid groups (broad SMARTS) is 1. The Labute approximate surface area is 151 Å². The Morgan fingerprint density at radius 1 is 1.19 bits per heavy atom.